The maximum atomic E-state index is 13.4. The van der Waals surface area contributed by atoms with E-state index in [-0.39, 0.29) is 24.2 Å². The highest BCUT2D eigenvalue weighted by Gasteiger charge is 2.04. The van der Waals surface area contributed by atoms with Crippen molar-refractivity contribution in [1.29, 1.82) is 5.26 Å². The normalized spacial score (nSPS) is 10.3. The molecule has 0 radical (unpaired) electrons. The lowest BCUT2D eigenvalue weighted by Crippen LogP contribution is -2.14. The number of hydrogen-bond acceptors (Lipinski definition) is 2. The molecule has 0 aliphatic rings. The quantitative estimate of drug-likeness (QED) is 0.930. The molecule has 102 valence electrons. The van der Waals surface area contributed by atoms with Crippen molar-refractivity contribution >= 4 is 0 Å². The van der Waals surface area contributed by atoms with Gasteiger partial charge in [-0.05, 0) is 42.0 Å². The predicted molar refractivity (Wildman–Crippen MR) is 68.0 cm³/mol. The third-order valence-electron chi connectivity index (χ3n) is 2.74. The van der Waals surface area contributed by atoms with Crippen molar-refractivity contribution < 1.29 is 13.2 Å². The van der Waals surface area contributed by atoms with E-state index in [4.69, 9.17) is 5.26 Å². The number of rotatable bonds is 4. The number of nitriles is 1. The highest BCUT2D eigenvalue weighted by atomic mass is 19.1. The largest absolute Gasteiger partial charge is 0.309 e. The van der Waals surface area contributed by atoms with Gasteiger partial charge in [-0.1, -0.05) is 0 Å². The second kappa shape index (κ2) is 6.22. The van der Waals surface area contributed by atoms with Gasteiger partial charge in [0.2, 0.25) is 0 Å². The van der Waals surface area contributed by atoms with E-state index in [9.17, 15) is 13.2 Å². The lowest BCUT2D eigenvalue weighted by Gasteiger charge is -2.07. The summed E-state index contributed by atoms with van der Waals surface area (Å²) in [4.78, 5) is 0. The van der Waals surface area contributed by atoms with Gasteiger partial charge in [0.25, 0.3) is 0 Å². The standard InChI is InChI=1S/C15H11F3N2/c16-13-1-2-15(18)12(6-13)9-20-8-11-3-10(7-19)4-14(17)5-11/h1-6,20H,8-9H2. The van der Waals surface area contributed by atoms with Gasteiger partial charge in [-0.15, -0.1) is 0 Å². The molecule has 0 aliphatic heterocycles. The summed E-state index contributed by atoms with van der Waals surface area (Å²) in [7, 11) is 0. The van der Waals surface area contributed by atoms with Crippen LogP contribution in [0.2, 0.25) is 0 Å². The number of halogens is 3. The summed E-state index contributed by atoms with van der Waals surface area (Å²) in [5.74, 6) is -1.52. The first-order valence-corrected chi connectivity index (χ1v) is 5.92. The molecule has 0 saturated heterocycles. The molecule has 2 aromatic rings. The van der Waals surface area contributed by atoms with E-state index < -0.39 is 17.5 Å². The van der Waals surface area contributed by atoms with Crippen molar-refractivity contribution in [2.45, 2.75) is 13.1 Å². The van der Waals surface area contributed by atoms with Gasteiger partial charge in [-0.25, -0.2) is 13.2 Å². The molecular weight excluding hydrogens is 265 g/mol. The molecule has 0 spiro atoms. The molecular formula is C15H11F3N2. The number of hydrogen-bond donors (Lipinski definition) is 1. The van der Waals surface area contributed by atoms with Crippen LogP contribution in [0, 0.1) is 28.8 Å². The zero-order chi connectivity index (χ0) is 14.5. The van der Waals surface area contributed by atoms with E-state index >= 15 is 0 Å². The fraction of sp³-hybridized carbons (Fsp3) is 0.133. The van der Waals surface area contributed by atoms with Crippen molar-refractivity contribution in [2.24, 2.45) is 0 Å². The molecule has 20 heavy (non-hydrogen) atoms. The average Bonchev–Trinajstić information content (AvgIpc) is 2.42. The maximum Gasteiger partial charge on any atom is 0.127 e. The number of nitrogens with one attached hydrogen (secondary N) is 1. The molecule has 2 rings (SSSR count). The van der Waals surface area contributed by atoms with E-state index in [0.29, 0.717) is 5.56 Å². The van der Waals surface area contributed by atoms with Crippen LogP contribution in [0.4, 0.5) is 13.2 Å². The van der Waals surface area contributed by atoms with Gasteiger partial charge in [0.05, 0.1) is 11.6 Å². The molecule has 0 bridgehead atoms. The maximum absolute atomic E-state index is 13.4. The molecule has 0 unspecified atom stereocenters. The van der Waals surface area contributed by atoms with Crippen LogP contribution in [0.5, 0.6) is 0 Å². The second-order valence-electron chi connectivity index (χ2n) is 4.30. The minimum absolute atomic E-state index is 0.113. The van der Waals surface area contributed by atoms with Crippen LogP contribution < -0.4 is 5.32 Å². The highest BCUT2D eigenvalue weighted by Crippen LogP contribution is 2.11. The van der Waals surface area contributed by atoms with E-state index in [1.807, 2.05) is 6.07 Å². The molecule has 0 saturated carbocycles. The van der Waals surface area contributed by atoms with E-state index in [0.717, 1.165) is 24.3 Å². The summed E-state index contributed by atoms with van der Waals surface area (Å²) in [5.41, 5.74) is 0.985. The van der Waals surface area contributed by atoms with Crippen molar-refractivity contribution in [3.05, 3.63) is 70.5 Å². The lowest BCUT2D eigenvalue weighted by atomic mass is 10.1. The first-order valence-electron chi connectivity index (χ1n) is 5.92. The van der Waals surface area contributed by atoms with Gasteiger partial charge >= 0.3 is 0 Å². The average molecular weight is 276 g/mol. The molecule has 1 N–H and O–H groups in total. The van der Waals surface area contributed by atoms with Crippen LogP contribution >= 0.6 is 0 Å². The molecule has 0 fully saturated rings. The lowest BCUT2D eigenvalue weighted by molar-refractivity contribution is 0.567. The number of benzene rings is 2. The van der Waals surface area contributed by atoms with Gasteiger partial charge in [-0.2, -0.15) is 5.26 Å². The molecule has 5 heteroatoms. The van der Waals surface area contributed by atoms with Gasteiger partial charge in [0.15, 0.2) is 0 Å². The molecule has 2 aromatic carbocycles. The fourth-order valence-electron chi connectivity index (χ4n) is 1.84. The number of nitrogens with zero attached hydrogens (tertiary/aromatic N) is 1. The van der Waals surface area contributed by atoms with Gasteiger partial charge < -0.3 is 5.32 Å². The second-order valence-corrected chi connectivity index (χ2v) is 4.30. The van der Waals surface area contributed by atoms with Crippen LogP contribution in [0.1, 0.15) is 16.7 Å². The Kier molecular flexibility index (Phi) is 4.38. The van der Waals surface area contributed by atoms with Crippen molar-refractivity contribution in [3.63, 3.8) is 0 Å². The van der Waals surface area contributed by atoms with E-state index in [2.05, 4.69) is 5.32 Å². The molecule has 0 heterocycles. The topological polar surface area (TPSA) is 35.8 Å². The summed E-state index contributed by atoms with van der Waals surface area (Å²) < 4.78 is 39.5. The summed E-state index contributed by atoms with van der Waals surface area (Å²) in [6.07, 6.45) is 0. The molecule has 0 atom stereocenters. The SMILES string of the molecule is N#Cc1cc(F)cc(CNCc2cc(F)ccc2F)c1. The zero-order valence-corrected chi connectivity index (χ0v) is 10.5. The van der Waals surface area contributed by atoms with Gasteiger partial charge in [0, 0.05) is 18.7 Å². The first kappa shape index (κ1) is 14.1. The van der Waals surface area contributed by atoms with Crippen LogP contribution in [-0.2, 0) is 13.1 Å². The smallest absolute Gasteiger partial charge is 0.127 e. The highest BCUT2D eigenvalue weighted by molar-refractivity contribution is 5.33. The monoisotopic (exact) mass is 276 g/mol. The van der Waals surface area contributed by atoms with Crippen LogP contribution in [0.3, 0.4) is 0 Å². The molecule has 2 nitrogen and oxygen atoms in total. The Hall–Kier alpha value is -2.32. The summed E-state index contributed by atoms with van der Waals surface area (Å²) in [5, 5.41) is 11.6. The van der Waals surface area contributed by atoms with Crippen LogP contribution in [0.25, 0.3) is 0 Å². The Bertz CT molecular complexity index is 663. The van der Waals surface area contributed by atoms with Gasteiger partial charge in [-0.3, -0.25) is 0 Å². The third-order valence-corrected chi connectivity index (χ3v) is 2.74. The Balaban J connectivity index is 2.01. The summed E-state index contributed by atoms with van der Waals surface area (Å²) >= 11 is 0. The van der Waals surface area contributed by atoms with E-state index in [1.54, 1.807) is 0 Å². The Morgan fingerprint density at radius 1 is 0.950 bits per heavy atom. The van der Waals surface area contributed by atoms with Crippen molar-refractivity contribution in [2.75, 3.05) is 0 Å². The molecule has 0 aliphatic carbocycles. The summed E-state index contributed by atoms with van der Waals surface area (Å²) in [6, 6.07) is 9.03. The Morgan fingerprint density at radius 2 is 1.75 bits per heavy atom. The van der Waals surface area contributed by atoms with Gasteiger partial charge in [0.1, 0.15) is 17.5 Å². The molecule has 0 aromatic heterocycles. The first-order chi connectivity index (χ1) is 9.58. The predicted octanol–water partition coefficient (Wildman–Crippen LogP) is 3.27. The minimum atomic E-state index is -0.513. The Labute approximate surface area is 114 Å². The van der Waals surface area contributed by atoms with Crippen molar-refractivity contribution in [3.8, 4) is 6.07 Å². The van der Waals surface area contributed by atoms with E-state index in [1.165, 1.54) is 12.1 Å². The third kappa shape index (κ3) is 3.59. The zero-order valence-electron chi connectivity index (χ0n) is 10.5. The van der Waals surface area contributed by atoms with Crippen LogP contribution in [0.15, 0.2) is 36.4 Å². The minimum Gasteiger partial charge on any atom is -0.309 e. The molecule has 0 amide bonds. The summed E-state index contributed by atoms with van der Waals surface area (Å²) in [6.45, 7) is 0.365. The Morgan fingerprint density at radius 3 is 2.50 bits per heavy atom. The fourth-order valence-corrected chi connectivity index (χ4v) is 1.84. The van der Waals surface area contributed by atoms with Crippen molar-refractivity contribution in [1.82, 2.24) is 5.32 Å². The van der Waals surface area contributed by atoms with Crippen LogP contribution in [-0.4, -0.2) is 0 Å².